The number of nitrogens with zero attached hydrogens (tertiary/aromatic N) is 2. The molecule has 2 aliphatic carbocycles. The van der Waals surface area contributed by atoms with Crippen LogP contribution in [0.2, 0.25) is 0 Å². The zero-order chi connectivity index (χ0) is 12.4. The lowest BCUT2D eigenvalue weighted by Gasteiger charge is -2.18. The standard InChI is InChI=1S/C14H23N3O/c1-18-9-7-16-14-15-6-8-17(14)10-13(11-2-3-11)12-4-5-12/h6,8,11-13H,2-5,7,9-10H2,1H3,(H,15,16). The molecule has 4 heteroatoms. The van der Waals surface area contributed by atoms with E-state index in [9.17, 15) is 0 Å². The summed E-state index contributed by atoms with van der Waals surface area (Å²) in [7, 11) is 1.73. The predicted molar refractivity (Wildman–Crippen MR) is 71.5 cm³/mol. The van der Waals surface area contributed by atoms with Crippen LogP contribution in [0.25, 0.3) is 0 Å². The van der Waals surface area contributed by atoms with Crippen LogP contribution in [-0.4, -0.2) is 29.8 Å². The van der Waals surface area contributed by atoms with Gasteiger partial charge in [0.1, 0.15) is 0 Å². The molecule has 0 saturated heterocycles. The molecule has 0 atom stereocenters. The number of hydrogen-bond donors (Lipinski definition) is 1. The van der Waals surface area contributed by atoms with Crippen molar-refractivity contribution in [3.8, 4) is 0 Å². The summed E-state index contributed by atoms with van der Waals surface area (Å²) in [5.74, 6) is 3.87. The molecule has 0 amide bonds. The molecule has 0 bridgehead atoms. The van der Waals surface area contributed by atoms with Gasteiger partial charge in [-0.2, -0.15) is 0 Å². The van der Waals surface area contributed by atoms with Crippen molar-refractivity contribution in [2.75, 3.05) is 25.6 Å². The average molecular weight is 249 g/mol. The number of aromatic nitrogens is 2. The molecule has 4 nitrogen and oxygen atoms in total. The van der Waals surface area contributed by atoms with Crippen molar-refractivity contribution in [3.05, 3.63) is 12.4 Å². The largest absolute Gasteiger partial charge is 0.383 e. The first-order valence-electron chi connectivity index (χ1n) is 7.12. The Morgan fingerprint density at radius 1 is 1.39 bits per heavy atom. The van der Waals surface area contributed by atoms with Gasteiger partial charge in [0.05, 0.1) is 6.61 Å². The van der Waals surface area contributed by atoms with Crippen molar-refractivity contribution in [2.45, 2.75) is 32.2 Å². The maximum atomic E-state index is 5.06. The summed E-state index contributed by atoms with van der Waals surface area (Å²) in [5, 5.41) is 3.35. The van der Waals surface area contributed by atoms with Gasteiger partial charge in [-0.1, -0.05) is 0 Å². The Hall–Kier alpha value is -1.03. The van der Waals surface area contributed by atoms with Gasteiger partial charge >= 0.3 is 0 Å². The Balaban J connectivity index is 1.58. The molecule has 3 rings (SSSR count). The molecule has 0 radical (unpaired) electrons. The molecule has 2 aliphatic rings. The minimum atomic E-state index is 0.724. The maximum absolute atomic E-state index is 5.06. The van der Waals surface area contributed by atoms with Gasteiger partial charge in [-0.3, -0.25) is 0 Å². The highest BCUT2D eigenvalue weighted by atomic mass is 16.5. The van der Waals surface area contributed by atoms with Crippen LogP contribution in [0.5, 0.6) is 0 Å². The van der Waals surface area contributed by atoms with Gasteiger partial charge in [-0.05, 0) is 43.4 Å². The number of hydrogen-bond acceptors (Lipinski definition) is 3. The Bertz CT molecular complexity index is 370. The molecule has 0 aliphatic heterocycles. The summed E-state index contributed by atoms with van der Waals surface area (Å²) in [6.07, 6.45) is 9.79. The molecule has 100 valence electrons. The third-order valence-corrected chi connectivity index (χ3v) is 4.17. The molecule has 1 heterocycles. The van der Waals surface area contributed by atoms with Crippen LogP contribution >= 0.6 is 0 Å². The number of nitrogens with one attached hydrogen (secondary N) is 1. The van der Waals surface area contributed by atoms with Crippen molar-refractivity contribution in [1.82, 2.24) is 9.55 Å². The molecule has 2 saturated carbocycles. The third kappa shape index (κ3) is 2.86. The van der Waals surface area contributed by atoms with E-state index in [1.54, 1.807) is 7.11 Å². The van der Waals surface area contributed by atoms with Gasteiger partial charge in [0.2, 0.25) is 5.95 Å². The van der Waals surface area contributed by atoms with E-state index in [-0.39, 0.29) is 0 Å². The van der Waals surface area contributed by atoms with Gasteiger partial charge in [0.25, 0.3) is 0 Å². The number of anilines is 1. The van der Waals surface area contributed by atoms with E-state index in [4.69, 9.17) is 4.74 Å². The predicted octanol–water partition coefficient (Wildman–Crippen LogP) is 2.38. The van der Waals surface area contributed by atoms with E-state index in [0.717, 1.165) is 43.4 Å². The fourth-order valence-electron chi connectivity index (χ4n) is 2.85. The zero-order valence-corrected chi connectivity index (χ0v) is 11.1. The van der Waals surface area contributed by atoms with E-state index in [2.05, 4.69) is 21.1 Å². The highest BCUT2D eigenvalue weighted by Gasteiger charge is 2.41. The van der Waals surface area contributed by atoms with Crippen LogP contribution in [0.3, 0.4) is 0 Å². The molecular formula is C14H23N3O. The summed E-state index contributed by atoms with van der Waals surface area (Å²) in [5.41, 5.74) is 0. The first-order chi connectivity index (χ1) is 8.88. The number of methoxy groups -OCH3 is 1. The molecule has 18 heavy (non-hydrogen) atoms. The van der Waals surface area contributed by atoms with Crippen molar-refractivity contribution in [1.29, 1.82) is 0 Å². The normalized spacial score (nSPS) is 19.4. The lowest BCUT2D eigenvalue weighted by Crippen LogP contribution is -2.18. The molecule has 1 N–H and O–H groups in total. The molecule has 2 fully saturated rings. The topological polar surface area (TPSA) is 39.1 Å². The van der Waals surface area contributed by atoms with Gasteiger partial charge in [0.15, 0.2) is 0 Å². The van der Waals surface area contributed by atoms with E-state index < -0.39 is 0 Å². The minimum absolute atomic E-state index is 0.724. The summed E-state index contributed by atoms with van der Waals surface area (Å²) >= 11 is 0. The van der Waals surface area contributed by atoms with E-state index in [1.165, 1.54) is 25.7 Å². The molecule has 1 aromatic heterocycles. The second-order valence-corrected chi connectivity index (χ2v) is 5.66. The smallest absolute Gasteiger partial charge is 0.202 e. The quantitative estimate of drug-likeness (QED) is 0.719. The first kappa shape index (κ1) is 12.0. The minimum Gasteiger partial charge on any atom is -0.383 e. The highest BCUT2D eigenvalue weighted by Crippen LogP contribution is 2.50. The summed E-state index contributed by atoms with van der Waals surface area (Å²) in [6, 6.07) is 0. The monoisotopic (exact) mass is 249 g/mol. The van der Waals surface area contributed by atoms with Crippen LogP contribution in [0.4, 0.5) is 5.95 Å². The summed E-state index contributed by atoms with van der Waals surface area (Å²) in [6.45, 7) is 2.69. The van der Waals surface area contributed by atoms with Gasteiger partial charge in [-0.15, -0.1) is 0 Å². The van der Waals surface area contributed by atoms with E-state index >= 15 is 0 Å². The number of rotatable bonds is 8. The first-order valence-corrected chi connectivity index (χ1v) is 7.12. The van der Waals surface area contributed by atoms with Crippen molar-refractivity contribution in [3.63, 3.8) is 0 Å². The van der Waals surface area contributed by atoms with Crippen LogP contribution < -0.4 is 5.32 Å². The molecule has 0 spiro atoms. The summed E-state index contributed by atoms with van der Waals surface area (Å²) in [4.78, 5) is 4.40. The fourth-order valence-corrected chi connectivity index (χ4v) is 2.85. The second kappa shape index (κ2) is 5.31. The molecule has 0 unspecified atom stereocenters. The lowest BCUT2D eigenvalue weighted by molar-refractivity contribution is 0.210. The summed E-state index contributed by atoms with van der Waals surface area (Å²) < 4.78 is 7.35. The number of imidazole rings is 1. The maximum Gasteiger partial charge on any atom is 0.202 e. The molecular weight excluding hydrogens is 226 g/mol. The van der Waals surface area contributed by atoms with Crippen molar-refractivity contribution >= 4 is 5.95 Å². The van der Waals surface area contributed by atoms with Crippen LogP contribution in [0, 0.1) is 17.8 Å². The Kier molecular flexibility index (Phi) is 3.55. The van der Waals surface area contributed by atoms with Crippen molar-refractivity contribution < 1.29 is 4.74 Å². The zero-order valence-electron chi connectivity index (χ0n) is 11.1. The van der Waals surface area contributed by atoms with Crippen LogP contribution in [0.1, 0.15) is 25.7 Å². The second-order valence-electron chi connectivity index (χ2n) is 5.66. The van der Waals surface area contributed by atoms with Crippen LogP contribution in [0.15, 0.2) is 12.4 Å². The van der Waals surface area contributed by atoms with E-state index in [1.807, 2.05) is 6.20 Å². The fraction of sp³-hybridized carbons (Fsp3) is 0.786. The molecule has 0 aromatic carbocycles. The highest BCUT2D eigenvalue weighted by molar-refractivity contribution is 5.25. The van der Waals surface area contributed by atoms with Gasteiger partial charge in [0, 0.05) is 32.6 Å². The van der Waals surface area contributed by atoms with E-state index in [0.29, 0.717) is 0 Å². The van der Waals surface area contributed by atoms with Gasteiger partial charge in [-0.25, -0.2) is 4.98 Å². The Morgan fingerprint density at radius 2 is 2.11 bits per heavy atom. The molecule has 1 aromatic rings. The Morgan fingerprint density at radius 3 is 2.72 bits per heavy atom. The number of ether oxygens (including phenoxy) is 1. The van der Waals surface area contributed by atoms with Gasteiger partial charge < -0.3 is 14.6 Å². The van der Waals surface area contributed by atoms with Crippen LogP contribution in [-0.2, 0) is 11.3 Å². The van der Waals surface area contributed by atoms with Crippen molar-refractivity contribution in [2.24, 2.45) is 17.8 Å². The lowest BCUT2D eigenvalue weighted by atomic mass is 9.98. The Labute approximate surface area is 109 Å². The average Bonchev–Trinajstić information content (AvgIpc) is 3.28. The SMILES string of the molecule is COCCNc1nccn1CC(C1CC1)C1CC1. The third-order valence-electron chi connectivity index (χ3n) is 4.17.